The van der Waals surface area contributed by atoms with E-state index in [2.05, 4.69) is 24.3 Å². The van der Waals surface area contributed by atoms with Crippen molar-refractivity contribution in [2.24, 2.45) is 5.92 Å². The van der Waals surface area contributed by atoms with Crippen LogP contribution in [0.2, 0.25) is 0 Å². The molecule has 7 heteroatoms. The molecular weight excluding hydrogens is 466 g/mol. The Kier molecular flexibility index (Phi) is 12.3. The summed E-state index contributed by atoms with van der Waals surface area (Å²) < 4.78 is 6.35. The Morgan fingerprint density at radius 2 is 1.70 bits per heavy atom. The molecule has 37 heavy (non-hydrogen) atoms. The Morgan fingerprint density at radius 1 is 1.00 bits per heavy atom. The second kappa shape index (κ2) is 15.4. The van der Waals surface area contributed by atoms with Gasteiger partial charge in [0.25, 0.3) is 11.5 Å². The van der Waals surface area contributed by atoms with Crippen LogP contribution in [0.3, 0.4) is 0 Å². The molecule has 0 atom stereocenters. The zero-order valence-corrected chi connectivity index (χ0v) is 22.6. The SMILES string of the molecule is CCOC(=O)Cc1cccc(Cn2nc(C)ccc2=O)c1.Cc1ccc(C(=O)NCCCC(C)C)cc1. The lowest BCUT2D eigenvalue weighted by Crippen LogP contribution is -2.24. The quantitative estimate of drug-likeness (QED) is 0.314. The molecular formula is C30H39N3O4. The Hall–Kier alpha value is -3.74. The second-order valence-electron chi connectivity index (χ2n) is 9.43. The summed E-state index contributed by atoms with van der Waals surface area (Å²) in [5, 5.41) is 7.14. The summed E-state index contributed by atoms with van der Waals surface area (Å²) in [6.07, 6.45) is 2.45. The van der Waals surface area contributed by atoms with Crippen molar-refractivity contribution < 1.29 is 14.3 Å². The van der Waals surface area contributed by atoms with Crippen molar-refractivity contribution in [2.75, 3.05) is 13.2 Å². The van der Waals surface area contributed by atoms with E-state index in [1.54, 1.807) is 13.0 Å². The summed E-state index contributed by atoms with van der Waals surface area (Å²) in [6.45, 7) is 11.6. The second-order valence-corrected chi connectivity index (χ2v) is 9.43. The monoisotopic (exact) mass is 505 g/mol. The topological polar surface area (TPSA) is 90.3 Å². The summed E-state index contributed by atoms with van der Waals surface area (Å²) >= 11 is 0. The molecule has 7 nitrogen and oxygen atoms in total. The van der Waals surface area contributed by atoms with Crippen LogP contribution in [0.15, 0.2) is 65.5 Å². The molecule has 0 saturated carbocycles. The number of carbonyl (C=O) groups is 2. The van der Waals surface area contributed by atoms with Crippen molar-refractivity contribution in [3.05, 3.63) is 99.0 Å². The lowest BCUT2D eigenvalue weighted by atomic mass is 10.1. The van der Waals surface area contributed by atoms with Crippen LogP contribution in [-0.4, -0.2) is 34.8 Å². The van der Waals surface area contributed by atoms with Gasteiger partial charge >= 0.3 is 5.97 Å². The number of aromatic nitrogens is 2. The maximum absolute atomic E-state index is 11.7. The highest BCUT2D eigenvalue weighted by molar-refractivity contribution is 5.94. The van der Waals surface area contributed by atoms with Gasteiger partial charge in [-0.05, 0) is 68.9 Å². The molecule has 3 rings (SSSR count). The van der Waals surface area contributed by atoms with E-state index in [4.69, 9.17) is 4.74 Å². The molecule has 1 aromatic heterocycles. The van der Waals surface area contributed by atoms with Gasteiger partial charge in [0.1, 0.15) is 0 Å². The maximum atomic E-state index is 11.7. The summed E-state index contributed by atoms with van der Waals surface area (Å²) in [5.74, 6) is 0.487. The van der Waals surface area contributed by atoms with Gasteiger partial charge in [-0.2, -0.15) is 5.10 Å². The van der Waals surface area contributed by atoms with Crippen LogP contribution >= 0.6 is 0 Å². The van der Waals surface area contributed by atoms with E-state index in [1.165, 1.54) is 16.3 Å². The zero-order valence-electron chi connectivity index (χ0n) is 22.6. The van der Waals surface area contributed by atoms with Gasteiger partial charge < -0.3 is 10.1 Å². The van der Waals surface area contributed by atoms with E-state index in [0.717, 1.165) is 41.8 Å². The number of ether oxygens (including phenoxy) is 1. The van der Waals surface area contributed by atoms with E-state index in [0.29, 0.717) is 19.1 Å². The largest absolute Gasteiger partial charge is 0.466 e. The fourth-order valence-corrected chi connectivity index (χ4v) is 3.57. The highest BCUT2D eigenvalue weighted by atomic mass is 16.5. The number of esters is 1. The van der Waals surface area contributed by atoms with Crippen LogP contribution in [0, 0.1) is 19.8 Å². The predicted octanol–water partition coefficient (Wildman–Crippen LogP) is 4.87. The highest BCUT2D eigenvalue weighted by Crippen LogP contribution is 2.08. The minimum atomic E-state index is -0.250. The van der Waals surface area contributed by atoms with Crippen LogP contribution in [0.25, 0.3) is 0 Å². The third-order valence-corrected chi connectivity index (χ3v) is 5.54. The molecule has 0 aliphatic heterocycles. The van der Waals surface area contributed by atoms with Crippen LogP contribution in [-0.2, 0) is 22.5 Å². The van der Waals surface area contributed by atoms with E-state index in [-0.39, 0.29) is 23.9 Å². The minimum absolute atomic E-state index is 0.0313. The van der Waals surface area contributed by atoms with Crippen molar-refractivity contribution >= 4 is 11.9 Å². The van der Waals surface area contributed by atoms with Crippen molar-refractivity contribution in [1.82, 2.24) is 15.1 Å². The summed E-state index contributed by atoms with van der Waals surface area (Å²) in [4.78, 5) is 34.9. The van der Waals surface area contributed by atoms with Gasteiger partial charge in [-0.3, -0.25) is 14.4 Å². The van der Waals surface area contributed by atoms with E-state index >= 15 is 0 Å². The van der Waals surface area contributed by atoms with Crippen LogP contribution in [0.5, 0.6) is 0 Å². The van der Waals surface area contributed by atoms with Crippen molar-refractivity contribution in [1.29, 1.82) is 0 Å². The van der Waals surface area contributed by atoms with Gasteiger partial charge in [-0.25, -0.2) is 4.68 Å². The number of aryl methyl sites for hydroxylation is 2. The summed E-state index contributed by atoms with van der Waals surface area (Å²) in [6, 6.07) is 18.4. The molecule has 2 aromatic carbocycles. The molecule has 0 fully saturated rings. The first kappa shape index (κ1) is 29.5. The van der Waals surface area contributed by atoms with Gasteiger partial charge in [-0.1, -0.05) is 55.8 Å². The molecule has 0 aliphatic carbocycles. The van der Waals surface area contributed by atoms with Gasteiger partial charge in [0.15, 0.2) is 0 Å². The third-order valence-electron chi connectivity index (χ3n) is 5.54. The fourth-order valence-electron chi connectivity index (χ4n) is 3.57. The Balaban J connectivity index is 0.000000271. The van der Waals surface area contributed by atoms with Crippen LogP contribution in [0.1, 0.15) is 66.4 Å². The molecule has 0 bridgehead atoms. The first-order valence-electron chi connectivity index (χ1n) is 12.8. The number of amides is 1. The molecule has 0 unspecified atom stereocenters. The molecule has 0 spiro atoms. The molecule has 198 valence electrons. The fraction of sp³-hybridized carbons (Fsp3) is 0.400. The molecule has 0 saturated heterocycles. The highest BCUT2D eigenvalue weighted by Gasteiger charge is 2.06. The predicted molar refractivity (Wildman–Crippen MR) is 147 cm³/mol. The van der Waals surface area contributed by atoms with Gasteiger partial charge in [0.2, 0.25) is 0 Å². The zero-order chi connectivity index (χ0) is 27.2. The van der Waals surface area contributed by atoms with Gasteiger partial charge in [0.05, 0.1) is 25.3 Å². The van der Waals surface area contributed by atoms with E-state index in [9.17, 15) is 14.4 Å². The van der Waals surface area contributed by atoms with E-state index in [1.807, 2.05) is 62.4 Å². The number of nitrogens with zero attached hydrogens (tertiary/aromatic N) is 2. The molecule has 1 N–H and O–H groups in total. The molecule has 1 amide bonds. The summed E-state index contributed by atoms with van der Waals surface area (Å²) in [7, 11) is 0. The number of hydrogen-bond donors (Lipinski definition) is 1. The summed E-state index contributed by atoms with van der Waals surface area (Å²) in [5.41, 5.74) is 4.36. The normalized spacial score (nSPS) is 10.4. The molecule has 0 radical (unpaired) electrons. The van der Waals surface area contributed by atoms with Gasteiger partial charge in [0, 0.05) is 18.2 Å². The lowest BCUT2D eigenvalue weighted by Gasteiger charge is -2.07. The number of hydrogen-bond acceptors (Lipinski definition) is 5. The Morgan fingerprint density at radius 3 is 2.38 bits per heavy atom. The molecule has 0 aliphatic rings. The van der Waals surface area contributed by atoms with Crippen molar-refractivity contribution in [3.8, 4) is 0 Å². The Bertz CT molecular complexity index is 1200. The van der Waals surface area contributed by atoms with E-state index < -0.39 is 0 Å². The average molecular weight is 506 g/mol. The van der Waals surface area contributed by atoms with Gasteiger partial charge in [-0.15, -0.1) is 0 Å². The van der Waals surface area contributed by atoms with Crippen LogP contribution in [0.4, 0.5) is 0 Å². The average Bonchev–Trinajstić information content (AvgIpc) is 2.85. The number of benzene rings is 2. The lowest BCUT2D eigenvalue weighted by molar-refractivity contribution is -0.142. The maximum Gasteiger partial charge on any atom is 0.310 e. The smallest absolute Gasteiger partial charge is 0.310 e. The standard InChI is InChI=1S/C16H18N2O3.C14H21NO/c1-3-21-16(20)10-13-5-4-6-14(9-13)11-18-15(19)8-7-12(2)17-18;1-11(2)5-4-10-15-14(16)13-8-6-12(3)7-9-13/h4-9H,3,10-11H2,1-2H3;6-9,11H,4-5,10H2,1-3H3,(H,15,16). The van der Waals surface area contributed by atoms with Crippen LogP contribution < -0.4 is 10.9 Å². The number of nitrogens with one attached hydrogen (secondary N) is 1. The number of carbonyl (C=O) groups excluding carboxylic acids is 2. The number of rotatable bonds is 10. The third kappa shape index (κ3) is 11.2. The Labute approximate surface area is 219 Å². The first-order chi connectivity index (χ1) is 17.7. The molecule has 1 heterocycles. The minimum Gasteiger partial charge on any atom is -0.466 e. The molecule has 3 aromatic rings. The van der Waals surface area contributed by atoms with Crippen molar-refractivity contribution in [2.45, 2.75) is 60.4 Å². The van der Waals surface area contributed by atoms with Crippen molar-refractivity contribution in [3.63, 3.8) is 0 Å². The first-order valence-corrected chi connectivity index (χ1v) is 12.8.